The number of hydrogen-bond donors (Lipinski definition) is 1. The Morgan fingerprint density at radius 3 is 2.42 bits per heavy atom. The zero-order valence-corrected chi connectivity index (χ0v) is 20.6. The molecule has 0 saturated carbocycles. The van der Waals surface area contributed by atoms with Crippen LogP contribution in [0.5, 0.6) is 0 Å². The number of para-hydroxylation sites is 1. The Hall–Kier alpha value is -3.70. The Morgan fingerprint density at radius 2 is 1.72 bits per heavy atom. The average molecular weight is 514 g/mol. The fraction of sp³-hybridized carbons (Fsp3) is 0.320. The molecule has 10 nitrogen and oxygen atoms in total. The van der Waals surface area contributed by atoms with Crippen molar-refractivity contribution in [2.75, 3.05) is 44.0 Å². The number of esters is 1. The molecule has 1 aliphatic heterocycles. The predicted octanol–water partition coefficient (Wildman–Crippen LogP) is 2.09. The Labute approximate surface area is 208 Å². The van der Waals surface area contributed by atoms with Crippen molar-refractivity contribution in [2.24, 2.45) is 0 Å². The molecule has 2 aromatic carbocycles. The first kappa shape index (κ1) is 25.4. The molecule has 0 unspecified atom stereocenters. The SMILES string of the molecule is CCOC(=O)c1ccc(NC(=O)CS(=O)(=O)c2cn(CC(=O)N3CCOCC3)c3ccccc23)cc1. The Bertz CT molecular complexity index is 1370. The molecule has 11 heteroatoms. The molecule has 0 atom stereocenters. The number of sulfone groups is 1. The molecule has 0 radical (unpaired) electrons. The van der Waals surface area contributed by atoms with Gasteiger partial charge in [-0.25, -0.2) is 13.2 Å². The molecular formula is C25H27N3O7S. The fourth-order valence-corrected chi connectivity index (χ4v) is 5.37. The summed E-state index contributed by atoms with van der Waals surface area (Å²) in [4.78, 5) is 38.8. The third kappa shape index (κ3) is 5.74. The number of hydrogen-bond acceptors (Lipinski definition) is 7. The highest BCUT2D eigenvalue weighted by Gasteiger charge is 2.26. The number of carbonyl (C=O) groups excluding carboxylic acids is 3. The molecule has 0 aliphatic carbocycles. The standard InChI is InChI=1S/C25H27N3O7S/c1-2-35-25(31)18-7-9-19(10-8-18)26-23(29)17-36(32,33)22-15-28(21-6-4-3-5-20(21)22)16-24(30)27-11-13-34-14-12-27/h3-10,15H,2,11-14,16-17H2,1H3,(H,26,29). The second kappa shape index (κ2) is 10.9. The molecule has 4 rings (SSSR count). The Kier molecular flexibility index (Phi) is 7.70. The van der Waals surface area contributed by atoms with E-state index in [0.29, 0.717) is 48.5 Å². The number of morpholine rings is 1. The molecular weight excluding hydrogens is 486 g/mol. The smallest absolute Gasteiger partial charge is 0.338 e. The van der Waals surface area contributed by atoms with Crippen LogP contribution in [0.25, 0.3) is 10.9 Å². The summed E-state index contributed by atoms with van der Waals surface area (Å²) in [5, 5.41) is 2.99. The summed E-state index contributed by atoms with van der Waals surface area (Å²) in [6, 6.07) is 12.8. The lowest BCUT2D eigenvalue weighted by Crippen LogP contribution is -2.42. The molecule has 0 spiro atoms. The molecule has 1 aliphatic rings. The van der Waals surface area contributed by atoms with Crippen LogP contribution in [0.1, 0.15) is 17.3 Å². The van der Waals surface area contributed by atoms with Gasteiger partial charge in [0, 0.05) is 35.9 Å². The van der Waals surface area contributed by atoms with E-state index in [0.717, 1.165) is 0 Å². The highest BCUT2D eigenvalue weighted by atomic mass is 32.2. The van der Waals surface area contributed by atoms with Crippen LogP contribution < -0.4 is 5.32 Å². The van der Waals surface area contributed by atoms with Crippen molar-refractivity contribution >= 4 is 44.2 Å². The number of aromatic nitrogens is 1. The van der Waals surface area contributed by atoms with Crippen molar-refractivity contribution in [3.8, 4) is 0 Å². The van der Waals surface area contributed by atoms with Crippen LogP contribution >= 0.6 is 0 Å². The van der Waals surface area contributed by atoms with Crippen LogP contribution in [0.2, 0.25) is 0 Å². The van der Waals surface area contributed by atoms with Gasteiger partial charge in [0.1, 0.15) is 12.3 Å². The Balaban J connectivity index is 1.50. The third-order valence-corrected chi connectivity index (χ3v) is 7.40. The van der Waals surface area contributed by atoms with E-state index in [1.807, 2.05) is 0 Å². The van der Waals surface area contributed by atoms with Crippen molar-refractivity contribution in [3.63, 3.8) is 0 Å². The van der Waals surface area contributed by atoms with Gasteiger partial charge in [-0.3, -0.25) is 9.59 Å². The summed E-state index contributed by atoms with van der Waals surface area (Å²) in [6.45, 7) is 3.85. The maximum Gasteiger partial charge on any atom is 0.338 e. The van der Waals surface area contributed by atoms with E-state index in [1.165, 1.54) is 30.5 Å². The lowest BCUT2D eigenvalue weighted by Gasteiger charge is -2.27. The number of ether oxygens (including phenoxy) is 2. The topological polar surface area (TPSA) is 124 Å². The van der Waals surface area contributed by atoms with Crippen molar-refractivity contribution < 1.29 is 32.3 Å². The maximum absolute atomic E-state index is 13.2. The summed E-state index contributed by atoms with van der Waals surface area (Å²) in [7, 11) is -4.03. The van der Waals surface area contributed by atoms with Gasteiger partial charge in [0.15, 0.2) is 9.84 Å². The maximum atomic E-state index is 13.2. The molecule has 190 valence electrons. The van der Waals surface area contributed by atoms with Gasteiger partial charge in [0.05, 0.1) is 30.3 Å². The van der Waals surface area contributed by atoms with Crippen LogP contribution in [0.3, 0.4) is 0 Å². The van der Waals surface area contributed by atoms with Crippen LogP contribution in [0, 0.1) is 0 Å². The lowest BCUT2D eigenvalue weighted by atomic mass is 10.2. The van der Waals surface area contributed by atoms with E-state index in [1.54, 1.807) is 40.7 Å². The summed E-state index contributed by atoms with van der Waals surface area (Å²) < 4.78 is 38.2. The molecule has 3 aromatic rings. The van der Waals surface area contributed by atoms with E-state index < -0.39 is 27.5 Å². The molecule has 36 heavy (non-hydrogen) atoms. The molecule has 1 fully saturated rings. The molecule has 0 bridgehead atoms. The highest BCUT2D eigenvalue weighted by Crippen LogP contribution is 2.27. The van der Waals surface area contributed by atoms with E-state index >= 15 is 0 Å². The summed E-state index contributed by atoms with van der Waals surface area (Å²) in [5.74, 6) is -2.12. The van der Waals surface area contributed by atoms with Gasteiger partial charge in [-0.15, -0.1) is 0 Å². The number of nitrogens with zero attached hydrogens (tertiary/aromatic N) is 2. The molecule has 2 heterocycles. The van der Waals surface area contributed by atoms with E-state index in [9.17, 15) is 22.8 Å². The van der Waals surface area contributed by atoms with Gasteiger partial charge in [-0.2, -0.15) is 0 Å². The predicted molar refractivity (Wildman–Crippen MR) is 132 cm³/mol. The van der Waals surface area contributed by atoms with E-state index in [4.69, 9.17) is 9.47 Å². The number of rotatable bonds is 8. The van der Waals surface area contributed by atoms with Crippen molar-refractivity contribution in [1.82, 2.24) is 9.47 Å². The van der Waals surface area contributed by atoms with Gasteiger partial charge >= 0.3 is 5.97 Å². The minimum atomic E-state index is -4.03. The van der Waals surface area contributed by atoms with Crippen LogP contribution in [0.15, 0.2) is 59.6 Å². The zero-order valence-electron chi connectivity index (χ0n) is 19.8. The second-order valence-corrected chi connectivity index (χ2v) is 10.2. The van der Waals surface area contributed by atoms with Gasteiger partial charge in [0.2, 0.25) is 11.8 Å². The van der Waals surface area contributed by atoms with E-state index in [-0.39, 0.29) is 24.0 Å². The minimum Gasteiger partial charge on any atom is -0.462 e. The Morgan fingerprint density at radius 1 is 1.03 bits per heavy atom. The highest BCUT2D eigenvalue weighted by molar-refractivity contribution is 7.92. The van der Waals surface area contributed by atoms with Crippen molar-refractivity contribution in [3.05, 3.63) is 60.3 Å². The third-order valence-electron chi connectivity index (χ3n) is 5.76. The lowest BCUT2D eigenvalue weighted by molar-refractivity contribution is -0.135. The molecule has 1 N–H and O–H groups in total. The van der Waals surface area contributed by atoms with Crippen LogP contribution in [-0.2, 0) is 35.4 Å². The van der Waals surface area contributed by atoms with Gasteiger partial charge in [0.25, 0.3) is 0 Å². The van der Waals surface area contributed by atoms with Gasteiger partial charge in [-0.1, -0.05) is 18.2 Å². The normalized spacial score (nSPS) is 14.0. The fourth-order valence-electron chi connectivity index (χ4n) is 4.00. The second-order valence-electron chi connectivity index (χ2n) is 8.24. The summed E-state index contributed by atoms with van der Waals surface area (Å²) >= 11 is 0. The minimum absolute atomic E-state index is 0.0133. The number of carbonyl (C=O) groups is 3. The molecule has 2 amide bonds. The monoisotopic (exact) mass is 513 g/mol. The van der Waals surface area contributed by atoms with Crippen LogP contribution in [-0.4, -0.2) is 74.3 Å². The largest absolute Gasteiger partial charge is 0.462 e. The van der Waals surface area contributed by atoms with Gasteiger partial charge < -0.3 is 24.3 Å². The summed E-state index contributed by atoms with van der Waals surface area (Å²) in [5.41, 5.74) is 1.26. The first-order valence-electron chi connectivity index (χ1n) is 11.5. The zero-order chi connectivity index (χ0) is 25.7. The van der Waals surface area contributed by atoms with Crippen molar-refractivity contribution in [2.45, 2.75) is 18.4 Å². The first-order valence-corrected chi connectivity index (χ1v) is 13.2. The quantitative estimate of drug-likeness (QED) is 0.458. The average Bonchev–Trinajstić information content (AvgIpc) is 3.24. The summed E-state index contributed by atoms with van der Waals surface area (Å²) in [6.07, 6.45) is 1.42. The molecule has 1 aromatic heterocycles. The van der Waals surface area contributed by atoms with Gasteiger partial charge in [-0.05, 0) is 37.3 Å². The number of fused-ring (bicyclic) bond motifs is 1. The number of benzene rings is 2. The number of nitrogens with one attached hydrogen (secondary N) is 1. The first-order chi connectivity index (χ1) is 17.3. The van der Waals surface area contributed by atoms with Crippen molar-refractivity contribution in [1.29, 1.82) is 0 Å². The molecule has 1 saturated heterocycles. The number of amides is 2. The van der Waals surface area contributed by atoms with Crippen LogP contribution in [0.4, 0.5) is 5.69 Å². The van der Waals surface area contributed by atoms with E-state index in [2.05, 4.69) is 5.32 Å². The number of anilines is 1.